The zero-order chi connectivity index (χ0) is 14.4. The third kappa shape index (κ3) is 5.32. The maximum Gasteiger partial charge on any atom is 0.0700 e. The predicted octanol–water partition coefficient (Wildman–Crippen LogP) is 1.42. The van der Waals surface area contributed by atoms with Crippen LogP contribution in [0.4, 0.5) is 0 Å². The van der Waals surface area contributed by atoms with E-state index in [1.807, 2.05) is 0 Å². The molecule has 4 heteroatoms. The van der Waals surface area contributed by atoms with Crippen LogP contribution < -0.4 is 5.32 Å². The molecule has 0 saturated carbocycles. The molecule has 20 heavy (non-hydrogen) atoms. The van der Waals surface area contributed by atoms with Crippen molar-refractivity contribution in [3.8, 4) is 0 Å². The Morgan fingerprint density at radius 1 is 1.25 bits per heavy atom. The van der Waals surface area contributed by atoms with Crippen LogP contribution in [0.2, 0.25) is 0 Å². The normalized spacial score (nSPS) is 27.3. The van der Waals surface area contributed by atoms with Crippen molar-refractivity contribution in [1.82, 2.24) is 15.1 Å². The molecule has 2 saturated heterocycles. The number of ether oxygens (including phenoxy) is 1. The SMILES string of the molecule is CC(CNCC1CCCO1)N1CCC(CN(C)C)CC1. The average molecular weight is 283 g/mol. The summed E-state index contributed by atoms with van der Waals surface area (Å²) in [5.41, 5.74) is 0. The molecule has 0 aromatic heterocycles. The van der Waals surface area contributed by atoms with Gasteiger partial charge in [-0.1, -0.05) is 0 Å². The molecular weight excluding hydrogens is 250 g/mol. The van der Waals surface area contributed by atoms with Crippen LogP contribution in [0.5, 0.6) is 0 Å². The molecule has 2 heterocycles. The summed E-state index contributed by atoms with van der Waals surface area (Å²) in [5, 5.41) is 3.59. The first-order valence-corrected chi connectivity index (χ1v) is 8.36. The topological polar surface area (TPSA) is 27.7 Å². The summed E-state index contributed by atoms with van der Waals surface area (Å²) in [5.74, 6) is 0.897. The van der Waals surface area contributed by atoms with Gasteiger partial charge in [-0.25, -0.2) is 0 Å². The molecule has 1 N–H and O–H groups in total. The molecule has 2 rings (SSSR count). The molecule has 0 radical (unpaired) electrons. The van der Waals surface area contributed by atoms with Crippen LogP contribution in [0.15, 0.2) is 0 Å². The van der Waals surface area contributed by atoms with Crippen molar-refractivity contribution in [2.24, 2.45) is 5.92 Å². The van der Waals surface area contributed by atoms with Gasteiger partial charge in [0.2, 0.25) is 0 Å². The van der Waals surface area contributed by atoms with Gasteiger partial charge in [-0.05, 0) is 65.7 Å². The van der Waals surface area contributed by atoms with E-state index >= 15 is 0 Å². The van der Waals surface area contributed by atoms with Gasteiger partial charge in [-0.3, -0.25) is 4.90 Å². The third-order valence-corrected chi connectivity index (χ3v) is 4.73. The standard InChI is InChI=1S/C16H33N3O/c1-14(11-17-12-16-5-4-10-20-16)19-8-6-15(7-9-19)13-18(2)3/h14-17H,4-13H2,1-3H3. The lowest BCUT2D eigenvalue weighted by atomic mass is 9.95. The van der Waals surface area contributed by atoms with E-state index in [4.69, 9.17) is 4.74 Å². The minimum absolute atomic E-state index is 0.466. The van der Waals surface area contributed by atoms with Crippen LogP contribution in [0.1, 0.15) is 32.6 Å². The Bertz CT molecular complexity index is 258. The molecule has 2 aliphatic rings. The number of nitrogens with one attached hydrogen (secondary N) is 1. The van der Waals surface area contributed by atoms with Gasteiger partial charge in [-0.15, -0.1) is 0 Å². The lowest BCUT2D eigenvalue weighted by molar-refractivity contribution is 0.101. The van der Waals surface area contributed by atoms with Gasteiger partial charge in [0.25, 0.3) is 0 Å². The van der Waals surface area contributed by atoms with Gasteiger partial charge >= 0.3 is 0 Å². The zero-order valence-electron chi connectivity index (χ0n) is 13.6. The van der Waals surface area contributed by atoms with E-state index in [0.717, 1.165) is 25.6 Å². The second kappa shape index (κ2) is 8.32. The first-order valence-electron chi connectivity index (χ1n) is 8.36. The summed E-state index contributed by atoms with van der Waals surface area (Å²) >= 11 is 0. The largest absolute Gasteiger partial charge is 0.377 e. The molecule has 118 valence electrons. The van der Waals surface area contributed by atoms with Crippen LogP contribution in [0, 0.1) is 5.92 Å². The first kappa shape index (κ1) is 16.2. The number of likely N-dealkylation sites (tertiary alicyclic amines) is 1. The highest BCUT2D eigenvalue weighted by molar-refractivity contribution is 4.79. The highest BCUT2D eigenvalue weighted by Crippen LogP contribution is 2.19. The second-order valence-electron chi connectivity index (χ2n) is 6.88. The van der Waals surface area contributed by atoms with Crippen LogP contribution >= 0.6 is 0 Å². The molecule has 2 fully saturated rings. The smallest absolute Gasteiger partial charge is 0.0700 e. The lowest BCUT2D eigenvalue weighted by Crippen LogP contribution is -2.46. The fourth-order valence-corrected chi connectivity index (χ4v) is 3.48. The minimum atomic E-state index is 0.466. The number of hydrogen-bond donors (Lipinski definition) is 1. The summed E-state index contributed by atoms with van der Waals surface area (Å²) < 4.78 is 5.65. The number of piperidine rings is 1. The number of nitrogens with zero attached hydrogens (tertiary/aromatic N) is 2. The van der Waals surface area contributed by atoms with E-state index in [1.165, 1.54) is 45.3 Å². The van der Waals surface area contributed by atoms with Crippen molar-refractivity contribution >= 4 is 0 Å². The molecule has 0 spiro atoms. The van der Waals surface area contributed by atoms with Crippen LogP contribution in [-0.2, 0) is 4.74 Å². The number of rotatable bonds is 7. The van der Waals surface area contributed by atoms with E-state index < -0.39 is 0 Å². The lowest BCUT2D eigenvalue weighted by Gasteiger charge is -2.37. The van der Waals surface area contributed by atoms with Gasteiger partial charge in [0.15, 0.2) is 0 Å². The van der Waals surface area contributed by atoms with Gasteiger partial charge < -0.3 is 15.0 Å². The first-order chi connectivity index (χ1) is 9.65. The maximum absolute atomic E-state index is 5.65. The summed E-state index contributed by atoms with van der Waals surface area (Å²) in [4.78, 5) is 4.97. The van der Waals surface area contributed by atoms with Crippen LogP contribution in [0.3, 0.4) is 0 Å². The maximum atomic E-state index is 5.65. The summed E-state index contributed by atoms with van der Waals surface area (Å²) in [6.07, 6.45) is 5.65. The van der Waals surface area contributed by atoms with Crippen molar-refractivity contribution < 1.29 is 4.74 Å². The van der Waals surface area contributed by atoms with Crippen LogP contribution in [-0.4, -0.2) is 75.4 Å². The highest BCUT2D eigenvalue weighted by atomic mass is 16.5. The minimum Gasteiger partial charge on any atom is -0.377 e. The van der Waals surface area contributed by atoms with E-state index in [9.17, 15) is 0 Å². The van der Waals surface area contributed by atoms with Crippen molar-refractivity contribution in [3.05, 3.63) is 0 Å². The van der Waals surface area contributed by atoms with Gasteiger partial charge in [0.1, 0.15) is 0 Å². The zero-order valence-corrected chi connectivity index (χ0v) is 13.6. The summed E-state index contributed by atoms with van der Waals surface area (Å²) in [6.45, 7) is 9.22. The van der Waals surface area contributed by atoms with Crippen molar-refractivity contribution in [2.75, 3.05) is 53.4 Å². The highest BCUT2D eigenvalue weighted by Gasteiger charge is 2.23. The quantitative estimate of drug-likeness (QED) is 0.765. The Balaban J connectivity index is 1.57. The van der Waals surface area contributed by atoms with Crippen molar-refractivity contribution in [2.45, 2.75) is 44.8 Å². The summed E-state index contributed by atoms with van der Waals surface area (Å²) in [6, 6.07) is 0.650. The molecule has 0 amide bonds. The van der Waals surface area contributed by atoms with Gasteiger partial charge in [-0.2, -0.15) is 0 Å². The van der Waals surface area contributed by atoms with Crippen molar-refractivity contribution in [3.63, 3.8) is 0 Å². The number of hydrogen-bond acceptors (Lipinski definition) is 4. The molecule has 0 aliphatic carbocycles. The molecule has 2 unspecified atom stereocenters. The average Bonchev–Trinajstić information content (AvgIpc) is 2.92. The van der Waals surface area contributed by atoms with E-state index in [2.05, 4.69) is 36.1 Å². The van der Waals surface area contributed by atoms with E-state index in [1.54, 1.807) is 0 Å². The predicted molar refractivity (Wildman–Crippen MR) is 84.2 cm³/mol. The molecule has 4 nitrogen and oxygen atoms in total. The van der Waals surface area contributed by atoms with E-state index in [-0.39, 0.29) is 0 Å². The molecule has 2 aliphatic heterocycles. The molecule has 0 bridgehead atoms. The Labute approximate surface area is 124 Å². The Kier molecular flexibility index (Phi) is 6.75. The van der Waals surface area contributed by atoms with E-state index in [0.29, 0.717) is 12.1 Å². The Hall–Kier alpha value is -0.160. The molecule has 0 aromatic carbocycles. The fraction of sp³-hybridized carbons (Fsp3) is 1.00. The Morgan fingerprint density at radius 2 is 2.00 bits per heavy atom. The third-order valence-electron chi connectivity index (χ3n) is 4.73. The summed E-state index contributed by atoms with van der Waals surface area (Å²) in [7, 11) is 4.37. The second-order valence-corrected chi connectivity index (χ2v) is 6.88. The molecule has 2 atom stereocenters. The molecular formula is C16H33N3O. The Morgan fingerprint density at radius 3 is 2.60 bits per heavy atom. The fourth-order valence-electron chi connectivity index (χ4n) is 3.48. The molecule has 0 aromatic rings. The van der Waals surface area contributed by atoms with Gasteiger partial charge in [0.05, 0.1) is 6.10 Å². The van der Waals surface area contributed by atoms with Crippen LogP contribution in [0.25, 0.3) is 0 Å². The van der Waals surface area contributed by atoms with Crippen molar-refractivity contribution in [1.29, 1.82) is 0 Å². The monoisotopic (exact) mass is 283 g/mol. The van der Waals surface area contributed by atoms with Gasteiger partial charge in [0, 0.05) is 32.3 Å².